The lowest BCUT2D eigenvalue weighted by Gasteiger charge is -2.13. The Hall–Kier alpha value is -1.14. The summed E-state index contributed by atoms with van der Waals surface area (Å²) in [5.41, 5.74) is 2.08. The van der Waals surface area contributed by atoms with Gasteiger partial charge in [-0.1, -0.05) is 11.6 Å². The molecule has 0 spiro atoms. The summed E-state index contributed by atoms with van der Waals surface area (Å²) in [7, 11) is 3.32. The molecule has 20 heavy (non-hydrogen) atoms. The molecule has 0 unspecified atom stereocenters. The minimum atomic E-state index is 0.651. The Morgan fingerprint density at radius 1 is 1.10 bits per heavy atom. The van der Waals surface area contributed by atoms with Crippen LogP contribution in [0, 0.1) is 3.57 Å². The zero-order chi connectivity index (χ0) is 14.5. The molecule has 2 rings (SSSR count). The smallest absolute Gasteiger partial charge is 0.124 e. The van der Waals surface area contributed by atoms with Crippen LogP contribution in [-0.4, -0.2) is 14.2 Å². The first-order chi connectivity index (χ1) is 9.63. The maximum Gasteiger partial charge on any atom is 0.124 e. The molecule has 3 nitrogen and oxygen atoms in total. The first kappa shape index (κ1) is 15.3. The molecule has 1 N–H and O–H groups in total. The van der Waals surface area contributed by atoms with E-state index in [-0.39, 0.29) is 0 Å². The number of anilines is 1. The summed E-state index contributed by atoms with van der Waals surface area (Å²) in [5, 5.41) is 4.12. The quantitative estimate of drug-likeness (QED) is 0.742. The molecular weight excluding hydrogens is 389 g/mol. The average molecular weight is 404 g/mol. The Morgan fingerprint density at radius 3 is 2.55 bits per heavy atom. The number of benzene rings is 2. The zero-order valence-corrected chi connectivity index (χ0v) is 14.2. The highest BCUT2D eigenvalue weighted by molar-refractivity contribution is 14.1. The fraction of sp³-hybridized carbons (Fsp3) is 0.200. The minimum absolute atomic E-state index is 0.651. The molecule has 0 aliphatic rings. The molecule has 106 valence electrons. The highest BCUT2D eigenvalue weighted by atomic mass is 127. The molecule has 0 atom stereocenters. The van der Waals surface area contributed by atoms with E-state index in [2.05, 4.69) is 27.9 Å². The van der Waals surface area contributed by atoms with E-state index >= 15 is 0 Å². The van der Waals surface area contributed by atoms with Crippen molar-refractivity contribution in [2.45, 2.75) is 6.54 Å². The summed E-state index contributed by atoms with van der Waals surface area (Å²) in [6.45, 7) is 0.651. The predicted octanol–water partition coefficient (Wildman–Crippen LogP) is 4.57. The molecule has 0 heterocycles. The molecule has 2 aromatic rings. The van der Waals surface area contributed by atoms with Crippen molar-refractivity contribution in [3.8, 4) is 11.5 Å². The van der Waals surface area contributed by atoms with Gasteiger partial charge in [0.1, 0.15) is 11.5 Å². The standard InChI is InChI=1S/C15H15ClINO2/c1-19-12-4-6-15(20-2)10(7-12)9-18-14-5-3-11(16)8-13(14)17/h3-8,18H,9H2,1-2H3. The number of methoxy groups -OCH3 is 2. The molecular formula is C15H15ClINO2. The molecule has 0 saturated heterocycles. The third kappa shape index (κ3) is 3.70. The van der Waals surface area contributed by atoms with Gasteiger partial charge in [0, 0.05) is 26.4 Å². The average Bonchev–Trinajstić information content (AvgIpc) is 2.46. The van der Waals surface area contributed by atoms with Crippen LogP contribution in [0.3, 0.4) is 0 Å². The van der Waals surface area contributed by atoms with Gasteiger partial charge in [-0.3, -0.25) is 0 Å². The van der Waals surface area contributed by atoms with E-state index < -0.39 is 0 Å². The summed E-state index contributed by atoms with van der Waals surface area (Å²) in [6, 6.07) is 11.5. The van der Waals surface area contributed by atoms with Crippen LogP contribution >= 0.6 is 34.2 Å². The highest BCUT2D eigenvalue weighted by Gasteiger charge is 2.06. The lowest BCUT2D eigenvalue weighted by molar-refractivity contribution is 0.399. The molecule has 0 aliphatic carbocycles. The molecule has 2 aromatic carbocycles. The topological polar surface area (TPSA) is 30.5 Å². The van der Waals surface area contributed by atoms with Gasteiger partial charge in [0.2, 0.25) is 0 Å². The summed E-state index contributed by atoms with van der Waals surface area (Å²) >= 11 is 8.21. The number of rotatable bonds is 5. The lowest BCUT2D eigenvalue weighted by atomic mass is 10.2. The van der Waals surface area contributed by atoms with Crippen molar-refractivity contribution in [1.29, 1.82) is 0 Å². The second-order valence-electron chi connectivity index (χ2n) is 4.16. The largest absolute Gasteiger partial charge is 0.497 e. The zero-order valence-electron chi connectivity index (χ0n) is 11.2. The van der Waals surface area contributed by atoms with E-state index in [1.54, 1.807) is 14.2 Å². The summed E-state index contributed by atoms with van der Waals surface area (Å²) in [4.78, 5) is 0. The summed E-state index contributed by atoms with van der Waals surface area (Å²) in [6.07, 6.45) is 0. The molecule has 0 aliphatic heterocycles. The summed E-state index contributed by atoms with van der Waals surface area (Å²) in [5.74, 6) is 1.65. The SMILES string of the molecule is COc1ccc(OC)c(CNc2ccc(Cl)cc2I)c1. The third-order valence-electron chi connectivity index (χ3n) is 2.89. The first-order valence-corrected chi connectivity index (χ1v) is 7.49. The number of ether oxygens (including phenoxy) is 2. The Morgan fingerprint density at radius 2 is 1.90 bits per heavy atom. The van der Waals surface area contributed by atoms with E-state index in [1.165, 1.54) is 0 Å². The number of halogens is 2. The fourth-order valence-corrected chi connectivity index (χ4v) is 2.91. The second kappa shape index (κ2) is 7.04. The van der Waals surface area contributed by atoms with Gasteiger partial charge in [-0.15, -0.1) is 0 Å². The summed E-state index contributed by atoms with van der Waals surface area (Å²) < 4.78 is 11.7. The normalized spacial score (nSPS) is 10.2. The van der Waals surface area contributed by atoms with Gasteiger partial charge in [0.05, 0.1) is 14.2 Å². The maximum absolute atomic E-state index is 5.95. The Kier molecular flexibility index (Phi) is 5.37. The number of hydrogen-bond acceptors (Lipinski definition) is 3. The van der Waals surface area contributed by atoms with E-state index in [4.69, 9.17) is 21.1 Å². The van der Waals surface area contributed by atoms with Crippen LogP contribution in [0.15, 0.2) is 36.4 Å². The monoisotopic (exact) mass is 403 g/mol. The van der Waals surface area contributed by atoms with Crippen molar-refractivity contribution in [3.63, 3.8) is 0 Å². The number of nitrogens with one attached hydrogen (secondary N) is 1. The van der Waals surface area contributed by atoms with Crippen LogP contribution in [0.2, 0.25) is 5.02 Å². The van der Waals surface area contributed by atoms with Crippen LogP contribution in [0.4, 0.5) is 5.69 Å². The predicted molar refractivity (Wildman–Crippen MR) is 91.0 cm³/mol. The molecule has 5 heteroatoms. The van der Waals surface area contributed by atoms with E-state index in [0.29, 0.717) is 6.54 Å². The second-order valence-corrected chi connectivity index (χ2v) is 5.75. The van der Waals surface area contributed by atoms with Crippen LogP contribution in [0.25, 0.3) is 0 Å². The van der Waals surface area contributed by atoms with Gasteiger partial charge >= 0.3 is 0 Å². The molecule has 0 saturated carbocycles. The van der Waals surface area contributed by atoms with Gasteiger partial charge in [0.25, 0.3) is 0 Å². The van der Waals surface area contributed by atoms with Crippen molar-refractivity contribution in [2.75, 3.05) is 19.5 Å². The van der Waals surface area contributed by atoms with Crippen LogP contribution < -0.4 is 14.8 Å². The van der Waals surface area contributed by atoms with Crippen LogP contribution in [-0.2, 0) is 6.54 Å². The van der Waals surface area contributed by atoms with Gasteiger partial charge in [-0.2, -0.15) is 0 Å². The molecule has 0 bridgehead atoms. The van der Waals surface area contributed by atoms with Gasteiger partial charge in [0.15, 0.2) is 0 Å². The molecule has 0 fully saturated rings. The third-order valence-corrected chi connectivity index (χ3v) is 4.02. The first-order valence-electron chi connectivity index (χ1n) is 6.04. The fourth-order valence-electron chi connectivity index (χ4n) is 1.84. The van der Waals surface area contributed by atoms with Crippen molar-refractivity contribution in [2.24, 2.45) is 0 Å². The Bertz CT molecular complexity index is 604. The van der Waals surface area contributed by atoms with Gasteiger partial charge in [-0.25, -0.2) is 0 Å². The van der Waals surface area contributed by atoms with E-state index in [9.17, 15) is 0 Å². The van der Waals surface area contributed by atoms with Crippen molar-refractivity contribution < 1.29 is 9.47 Å². The van der Waals surface area contributed by atoms with E-state index in [0.717, 1.165) is 31.3 Å². The Labute approximate surface area is 137 Å². The van der Waals surface area contributed by atoms with Crippen molar-refractivity contribution >= 4 is 39.9 Å². The lowest BCUT2D eigenvalue weighted by Crippen LogP contribution is -2.03. The van der Waals surface area contributed by atoms with Gasteiger partial charge < -0.3 is 14.8 Å². The van der Waals surface area contributed by atoms with Crippen LogP contribution in [0.5, 0.6) is 11.5 Å². The highest BCUT2D eigenvalue weighted by Crippen LogP contribution is 2.27. The molecule has 0 radical (unpaired) electrons. The maximum atomic E-state index is 5.95. The van der Waals surface area contributed by atoms with Crippen LogP contribution in [0.1, 0.15) is 5.56 Å². The Balaban J connectivity index is 2.17. The number of hydrogen-bond donors (Lipinski definition) is 1. The van der Waals surface area contributed by atoms with Crippen molar-refractivity contribution in [3.05, 3.63) is 50.6 Å². The van der Waals surface area contributed by atoms with E-state index in [1.807, 2.05) is 36.4 Å². The minimum Gasteiger partial charge on any atom is -0.497 e. The molecule has 0 aromatic heterocycles. The molecule has 0 amide bonds. The van der Waals surface area contributed by atoms with Crippen molar-refractivity contribution in [1.82, 2.24) is 0 Å². The van der Waals surface area contributed by atoms with Gasteiger partial charge in [-0.05, 0) is 59.0 Å².